The maximum absolute atomic E-state index is 9.87. The first-order valence-corrected chi connectivity index (χ1v) is 10.6. The summed E-state index contributed by atoms with van der Waals surface area (Å²) in [5.74, 6) is 0.780. The molecule has 0 saturated carbocycles. The van der Waals surface area contributed by atoms with Gasteiger partial charge in [0.15, 0.2) is 0 Å². The fourth-order valence-electron chi connectivity index (χ4n) is 4.07. The predicted octanol–water partition coefficient (Wildman–Crippen LogP) is 7.64. The fourth-order valence-corrected chi connectivity index (χ4v) is 4.07. The summed E-state index contributed by atoms with van der Waals surface area (Å²) in [7, 11) is 0. The number of benzene rings is 5. The van der Waals surface area contributed by atoms with Gasteiger partial charge in [0.25, 0.3) is 0 Å². The van der Waals surface area contributed by atoms with Crippen molar-refractivity contribution in [1.82, 2.24) is 0 Å². The van der Waals surface area contributed by atoms with E-state index in [1.165, 1.54) is 10.8 Å². The van der Waals surface area contributed by atoms with Crippen LogP contribution in [0.4, 0.5) is 0 Å². The lowest BCUT2D eigenvalue weighted by Crippen LogP contribution is -1.96. The van der Waals surface area contributed by atoms with Crippen LogP contribution in [0.3, 0.4) is 0 Å². The van der Waals surface area contributed by atoms with Crippen molar-refractivity contribution in [3.05, 3.63) is 126 Å². The summed E-state index contributed by atoms with van der Waals surface area (Å²) in [6.07, 6.45) is 1.92. The van der Waals surface area contributed by atoms with Crippen molar-refractivity contribution < 1.29 is 4.74 Å². The van der Waals surface area contributed by atoms with Crippen LogP contribution in [0.25, 0.3) is 33.2 Å². The molecule has 0 heterocycles. The molecule has 5 aromatic rings. The molecule has 0 unspecified atom stereocenters. The van der Waals surface area contributed by atoms with E-state index >= 15 is 0 Å². The summed E-state index contributed by atoms with van der Waals surface area (Å²) in [6.45, 7) is 0.489. The van der Waals surface area contributed by atoms with Crippen molar-refractivity contribution in [2.45, 2.75) is 6.61 Å². The first kappa shape index (κ1) is 19.6. The van der Waals surface area contributed by atoms with E-state index in [1.807, 2.05) is 66.7 Å². The van der Waals surface area contributed by atoms with E-state index in [1.54, 1.807) is 0 Å². The Morgan fingerprint density at radius 2 is 1.38 bits per heavy atom. The Kier molecular flexibility index (Phi) is 5.39. The van der Waals surface area contributed by atoms with Gasteiger partial charge in [-0.3, -0.25) is 0 Å². The molecule has 5 aromatic carbocycles. The summed E-state index contributed by atoms with van der Waals surface area (Å²) < 4.78 is 6.12. The van der Waals surface area contributed by atoms with Gasteiger partial charge >= 0.3 is 0 Å². The van der Waals surface area contributed by atoms with Crippen LogP contribution in [0, 0.1) is 11.3 Å². The summed E-state index contributed by atoms with van der Waals surface area (Å²) in [5, 5.41) is 14.5. The zero-order valence-corrected chi connectivity index (χ0v) is 17.5. The maximum Gasteiger partial charge on any atom is 0.120 e. The van der Waals surface area contributed by atoms with Crippen LogP contribution in [-0.2, 0) is 6.61 Å². The van der Waals surface area contributed by atoms with Crippen LogP contribution in [0.1, 0.15) is 16.7 Å². The van der Waals surface area contributed by atoms with Crippen molar-refractivity contribution in [2.24, 2.45) is 0 Å². The molecular formula is C30H21NO. The van der Waals surface area contributed by atoms with E-state index < -0.39 is 0 Å². The Labute approximate surface area is 187 Å². The molecule has 0 aliphatic rings. The molecule has 2 nitrogen and oxygen atoms in total. The van der Waals surface area contributed by atoms with E-state index in [2.05, 4.69) is 54.6 Å². The Morgan fingerprint density at radius 1 is 0.719 bits per heavy atom. The minimum atomic E-state index is 0.489. The quantitative estimate of drug-likeness (QED) is 0.220. The molecule has 0 atom stereocenters. The largest absolute Gasteiger partial charge is 0.489 e. The minimum Gasteiger partial charge on any atom is -0.489 e. The summed E-state index contributed by atoms with van der Waals surface area (Å²) in [6, 6.07) is 39.1. The molecule has 0 aliphatic heterocycles. The van der Waals surface area contributed by atoms with Crippen molar-refractivity contribution in [3.63, 3.8) is 0 Å². The van der Waals surface area contributed by atoms with Crippen LogP contribution in [0.15, 0.2) is 109 Å². The number of ether oxygens (including phenoxy) is 1. The minimum absolute atomic E-state index is 0.489. The van der Waals surface area contributed by atoms with Gasteiger partial charge in [0.05, 0.1) is 11.6 Å². The summed E-state index contributed by atoms with van der Waals surface area (Å²) in [4.78, 5) is 0. The Hall–Kier alpha value is -4.35. The van der Waals surface area contributed by atoms with Crippen LogP contribution in [0.2, 0.25) is 0 Å². The summed E-state index contributed by atoms with van der Waals surface area (Å²) in [5.41, 5.74) is 3.66. The number of rotatable bonds is 5. The van der Waals surface area contributed by atoms with E-state index in [0.717, 1.165) is 33.2 Å². The Balaban J connectivity index is 1.43. The number of nitrogens with zero attached hydrogens (tertiary/aromatic N) is 1. The first-order valence-electron chi connectivity index (χ1n) is 10.6. The molecule has 0 N–H and O–H groups in total. The number of fused-ring (bicyclic) bond motifs is 2. The van der Waals surface area contributed by atoms with Gasteiger partial charge in [0.1, 0.15) is 12.4 Å². The molecule has 0 spiro atoms. The number of hydrogen-bond acceptors (Lipinski definition) is 2. The molecule has 0 aliphatic carbocycles. The van der Waals surface area contributed by atoms with Gasteiger partial charge < -0.3 is 4.74 Å². The van der Waals surface area contributed by atoms with Crippen LogP contribution in [0.5, 0.6) is 5.75 Å². The van der Waals surface area contributed by atoms with Gasteiger partial charge in [-0.25, -0.2) is 0 Å². The molecule has 32 heavy (non-hydrogen) atoms. The normalized spacial score (nSPS) is 11.4. The lowest BCUT2D eigenvalue weighted by atomic mass is 9.97. The SMILES string of the molecule is N#C/C(=C/c1cccc(OCc2cccc3ccccc23)c1)c1cccc2ccccc12. The number of hydrogen-bond donors (Lipinski definition) is 0. The van der Waals surface area contributed by atoms with Gasteiger partial charge in [0.2, 0.25) is 0 Å². The van der Waals surface area contributed by atoms with Crippen molar-refractivity contribution in [1.29, 1.82) is 5.26 Å². The maximum atomic E-state index is 9.87. The molecule has 0 fully saturated rings. The lowest BCUT2D eigenvalue weighted by molar-refractivity contribution is 0.307. The highest BCUT2D eigenvalue weighted by atomic mass is 16.5. The molecule has 0 bridgehead atoms. The highest BCUT2D eigenvalue weighted by molar-refractivity contribution is 6.01. The smallest absolute Gasteiger partial charge is 0.120 e. The van der Waals surface area contributed by atoms with Crippen LogP contribution >= 0.6 is 0 Å². The molecule has 2 heteroatoms. The monoisotopic (exact) mass is 411 g/mol. The molecule has 0 aromatic heterocycles. The third-order valence-corrected chi connectivity index (χ3v) is 5.64. The summed E-state index contributed by atoms with van der Waals surface area (Å²) >= 11 is 0. The Morgan fingerprint density at radius 3 is 2.19 bits per heavy atom. The number of allylic oxidation sites excluding steroid dienone is 1. The highest BCUT2D eigenvalue weighted by Crippen LogP contribution is 2.27. The van der Waals surface area contributed by atoms with Gasteiger partial charge in [-0.1, -0.05) is 97.1 Å². The second kappa shape index (κ2) is 8.79. The Bertz CT molecular complexity index is 1480. The van der Waals surface area contributed by atoms with Crippen molar-refractivity contribution in [2.75, 3.05) is 0 Å². The topological polar surface area (TPSA) is 33.0 Å². The fraction of sp³-hybridized carbons (Fsp3) is 0.0333. The van der Waals surface area contributed by atoms with E-state index in [4.69, 9.17) is 4.74 Å². The zero-order chi connectivity index (χ0) is 21.8. The zero-order valence-electron chi connectivity index (χ0n) is 17.5. The van der Waals surface area contributed by atoms with Crippen LogP contribution in [-0.4, -0.2) is 0 Å². The first-order chi connectivity index (χ1) is 15.8. The predicted molar refractivity (Wildman–Crippen MR) is 132 cm³/mol. The average Bonchev–Trinajstić information content (AvgIpc) is 2.86. The molecule has 0 saturated heterocycles. The van der Waals surface area contributed by atoms with Crippen molar-refractivity contribution in [3.8, 4) is 11.8 Å². The van der Waals surface area contributed by atoms with Crippen molar-refractivity contribution >= 4 is 33.2 Å². The number of nitriles is 1. The third kappa shape index (κ3) is 3.97. The highest BCUT2D eigenvalue weighted by Gasteiger charge is 2.07. The lowest BCUT2D eigenvalue weighted by Gasteiger charge is -2.10. The van der Waals surface area contributed by atoms with Gasteiger partial charge in [0, 0.05) is 5.56 Å². The second-order valence-electron chi connectivity index (χ2n) is 7.70. The van der Waals surface area contributed by atoms with E-state index in [-0.39, 0.29) is 0 Å². The van der Waals surface area contributed by atoms with Gasteiger partial charge in [-0.2, -0.15) is 5.26 Å². The second-order valence-corrected chi connectivity index (χ2v) is 7.70. The van der Waals surface area contributed by atoms with E-state index in [9.17, 15) is 5.26 Å². The molecule has 0 radical (unpaired) electrons. The molecule has 5 rings (SSSR count). The molecule has 152 valence electrons. The van der Waals surface area contributed by atoms with E-state index in [0.29, 0.717) is 12.2 Å². The van der Waals surface area contributed by atoms with Crippen LogP contribution < -0.4 is 4.74 Å². The van der Waals surface area contributed by atoms with Gasteiger partial charge in [-0.05, 0) is 50.9 Å². The van der Waals surface area contributed by atoms with Gasteiger partial charge in [-0.15, -0.1) is 0 Å². The average molecular weight is 412 g/mol. The standard InChI is InChI=1S/C30H21NO/c31-20-26(30-17-7-12-24-10-2-4-16-29(24)30)18-22-8-5-14-27(19-22)32-21-25-13-6-11-23-9-1-3-15-28(23)25/h1-19H,21H2/b26-18-. The molecule has 0 amide bonds. The third-order valence-electron chi connectivity index (χ3n) is 5.64. The molecular weight excluding hydrogens is 390 g/mol.